The molecule has 0 aliphatic heterocycles. The molecule has 2 N–H and O–H groups in total. The summed E-state index contributed by atoms with van der Waals surface area (Å²) in [6.45, 7) is 9.93. The molecule has 0 aromatic carbocycles. The molecule has 0 spiro atoms. The van der Waals surface area contributed by atoms with E-state index in [1.807, 2.05) is 26.0 Å². The van der Waals surface area contributed by atoms with Gasteiger partial charge in [0.15, 0.2) is 0 Å². The van der Waals surface area contributed by atoms with Crippen LogP contribution in [-0.2, 0) is 6.54 Å². The lowest BCUT2D eigenvalue weighted by molar-refractivity contribution is -0.0267. The van der Waals surface area contributed by atoms with Gasteiger partial charge in [-0.1, -0.05) is 20.8 Å². The van der Waals surface area contributed by atoms with Crippen molar-refractivity contribution in [3.8, 4) is 5.75 Å². The van der Waals surface area contributed by atoms with Crippen molar-refractivity contribution in [3.05, 3.63) is 24.0 Å². The maximum absolute atomic E-state index is 10.1. The van der Waals surface area contributed by atoms with E-state index < -0.39 is 5.60 Å². The second kappa shape index (κ2) is 7.46. The minimum Gasteiger partial charge on any atom is -0.489 e. The number of pyridine rings is 1. The number of rotatable bonds is 8. The molecular formula is C15H26N2O2. The number of hydrogen-bond donors (Lipinski definition) is 2. The van der Waals surface area contributed by atoms with Gasteiger partial charge in [0.2, 0.25) is 0 Å². The van der Waals surface area contributed by atoms with Crippen LogP contribution >= 0.6 is 0 Å². The van der Waals surface area contributed by atoms with Gasteiger partial charge >= 0.3 is 0 Å². The summed E-state index contributed by atoms with van der Waals surface area (Å²) in [5, 5.41) is 13.4. The third-order valence-electron chi connectivity index (χ3n) is 3.31. The summed E-state index contributed by atoms with van der Waals surface area (Å²) in [5.41, 5.74) is 0.179. The summed E-state index contributed by atoms with van der Waals surface area (Å²) in [5.74, 6) is 0.846. The zero-order valence-electron chi connectivity index (χ0n) is 12.4. The van der Waals surface area contributed by atoms with Crippen LogP contribution in [0.2, 0.25) is 0 Å². The van der Waals surface area contributed by atoms with Crippen LogP contribution in [0.25, 0.3) is 0 Å². The molecule has 0 aliphatic rings. The number of aliphatic hydroxyl groups is 1. The Morgan fingerprint density at radius 3 is 2.68 bits per heavy atom. The van der Waals surface area contributed by atoms with Gasteiger partial charge in [-0.2, -0.15) is 0 Å². The molecule has 0 fully saturated rings. The average molecular weight is 266 g/mol. The van der Waals surface area contributed by atoms with Gasteiger partial charge in [0.1, 0.15) is 12.4 Å². The number of aromatic nitrogens is 1. The fourth-order valence-electron chi connectivity index (χ4n) is 1.39. The molecular weight excluding hydrogens is 240 g/mol. The molecule has 1 rings (SSSR count). The summed E-state index contributed by atoms with van der Waals surface area (Å²) in [6, 6.07) is 3.84. The molecule has 108 valence electrons. The minimum absolute atomic E-state index is 0.151. The van der Waals surface area contributed by atoms with Gasteiger partial charge in [-0.05, 0) is 37.9 Å². The Morgan fingerprint density at radius 1 is 1.42 bits per heavy atom. The topological polar surface area (TPSA) is 54.4 Å². The van der Waals surface area contributed by atoms with E-state index in [9.17, 15) is 5.11 Å². The monoisotopic (exact) mass is 266 g/mol. The van der Waals surface area contributed by atoms with E-state index in [0.29, 0.717) is 5.75 Å². The molecule has 0 radical (unpaired) electrons. The summed E-state index contributed by atoms with van der Waals surface area (Å²) in [7, 11) is 0. The maximum atomic E-state index is 10.1. The Morgan fingerprint density at radius 2 is 2.16 bits per heavy atom. The highest BCUT2D eigenvalue weighted by Crippen LogP contribution is 2.18. The highest BCUT2D eigenvalue weighted by atomic mass is 16.5. The summed E-state index contributed by atoms with van der Waals surface area (Å²) < 4.78 is 5.58. The van der Waals surface area contributed by atoms with Crippen molar-refractivity contribution in [1.82, 2.24) is 10.3 Å². The SMILES string of the molecule is CCCNCc1ccc(OCC(C)(O)C(C)C)cn1. The molecule has 0 aliphatic carbocycles. The van der Waals surface area contributed by atoms with Crippen LogP contribution < -0.4 is 10.1 Å². The predicted molar refractivity (Wildman–Crippen MR) is 77.2 cm³/mol. The van der Waals surface area contributed by atoms with Crippen LogP contribution in [0.5, 0.6) is 5.75 Å². The first-order valence-electron chi connectivity index (χ1n) is 6.96. The Kier molecular flexibility index (Phi) is 6.25. The van der Waals surface area contributed by atoms with Crippen LogP contribution in [0.15, 0.2) is 18.3 Å². The third-order valence-corrected chi connectivity index (χ3v) is 3.31. The molecule has 0 bridgehead atoms. The van der Waals surface area contributed by atoms with Crippen molar-refractivity contribution in [1.29, 1.82) is 0 Å². The second-order valence-corrected chi connectivity index (χ2v) is 5.46. The van der Waals surface area contributed by atoms with E-state index in [2.05, 4.69) is 17.2 Å². The summed E-state index contributed by atoms with van der Waals surface area (Å²) >= 11 is 0. The van der Waals surface area contributed by atoms with Crippen molar-refractivity contribution in [2.45, 2.75) is 46.3 Å². The Balaban J connectivity index is 2.44. The fraction of sp³-hybridized carbons (Fsp3) is 0.667. The number of nitrogens with one attached hydrogen (secondary N) is 1. The van der Waals surface area contributed by atoms with Gasteiger partial charge in [-0.15, -0.1) is 0 Å². The van der Waals surface area contributed by atoms with E-state index >= 15 is 0 Å². The van der Waals surface area contributed by atoms with E-state index in [-0.39, 0.29) is 12.5 Å². The van der Waals surface area contributed by atoms with Crippen molar-refractivity contribution in [2.24, 2.45) is 5.92 Å². The van der Waals surface area contributed by atoms with Crippen molar-refractivity contribution in [3.63, 3.8) is 0 Å². The summed E-state index contributed by atoms with van der Waals surface area (Å²) in [6.07, 6.45) is 2.82. The lowest BCUT2D eigenvalue weighted by Gasteiger charge is -2.27. The molecule has 1 heterocycles. The highest BCUT2D eigenvalue weighted by Gasteiger charge is 2.25. The largest absolute Gasteiger partial charge is 0.489 e. The number of ether oxygens (including phenoxy) is 1. The molecule has 0 saturated heterocycles. The van der Waals surface area contributed by atoms with Crippen LogP contribution in [0, 0.1) is 5.92 Å². The molecule has 4 nitrogen and oxygen atoms in total. The molecule has 4 heteroatoms. The van der Waals surface area contributed by atoms with Crippen LogP contribution in [0.4, 0.5) is 0 Å². The first-order chi connectivity index (χ1) is 8.95. The van der Waals surface area contributed by atoms with Crippen LogP contribution in [-0.4, -0.2) is 28.8 Å². The molecule has 19 heavy (non-hydrogen) atoms. The van der Waals surface area contributed by atoms with Gasteiger partial charge in [0, 0.05) is 6.54 Å². The molecule has 1 aromatic rings. The Labute approximate surface area is 116 Å². The van der Waals surface area contributed by atoms with Gasteiger partial charge in [-0.3, -0.25) is 4.98 Å². The molecule has 0 saturated carbocycles. The average Bonchev–Trinajstić information content (AvgIpc) is 2.38. The summed E-state index contributed by atoms with van der Waals surface area (Å²) in [4.78, 5) is 4.33. The number of hydrogen-bond acceptors (Lipinski definition) is 4. The Hall–Kier alpha value is -1.13. The first-order valence-corrected chi connectivity index (χ1v) is 6.96. The molecule has 0 amide bonds. The van der Waals surface area contributed by atoms with E-state index in [1.165, 1.54) is 0 Å². The normalized spacial score (nSPS) is 14.4. The minimum atomic E-state index is -0.818. The molecule has 1 aromatic heterocycles. The first kappa shape index (κ1) is 15.9. The highest BCUT2D eigenvalue weighted by molar-refractivity contribution is 5.20. The van der Waals surface area contributed by atoms with E-state index in [4.69, 9.17) is 4.74 Å². The van der Waals surface area contributed by atoms with Crippen LogP contribution in [0.3, 0.4) is 0 Å². The van der Waals surface area contributed by atoms with Crippen LogP contribution in [0.1, 0.15) is 39.8 Å². The molecule has 1 atom stereocenters. The van der Waals surface area contributed by atoms with E-state index in [1.54, 1.807) is 13.1 Å². The second-order valence-electron chi connectivity index (χ2n) is 5.46. The van der Waals surface area contributed by atoms with Crippen molar-refractivity contribution < 1.29 is 9.84 Å². The standard InChI is InChI=1S/C15H26N2O2/c1-5-8-16-9-13-6-7-14(10-17-13)19-11-15(4,18)12(2)3/h6-7,10,12,16,18H,5,8-9,11H2,1-4H3. The number of nitrogens with zero attached hydrogens (tertiary/aromatic N) is 1. The van der Waals surface area contributed by atoms with Gasteiger partial charge < -0.3 is 15.2 Å². The fourth-order valence-corrected chi connectivity index (χ4v) is 1.39. The lowest BCUT2D eigenvalue weighted by atomic mass is 9.94. The van der Waals surface area contributed by atoms with Crippen molar-refractivity contribution >= 4 is 0 Å². The quantitative estimate of drug-likeness (QED) is 0.709. The maximum Gasteiger partial charge on any atom is 0.137 e. The Bertz CT molecular complexity index is 361. The zero-order chi connectivity index (χ0) is 14.3. The zero-order valence-corrected chi connectivity index (χ0v) is 12.4. The lowest BCUT2D eigenvalue weighted by Crippen LogP contribution is -2.37. The van der Waals surface area contributed by atoms with Gasteiger partial charge in [-0.25, -0.2) is 0 Å². The smallest absolute Gasteiger partial charge is 0.137 e. The van der Waals surface area contributed by atoms with Crippen molar-refractivity contribution in [2.75, 3.05) is 13.2 Å². The third kappa shape index (κ3) is 5.57. The van der Waals surface area contributed by atoms with Gasteiger partial charge in [0.05, 0.1) is 17.5 Å². The molecule has 1 unspecified atom stereocenters. The van der Waals surface area contributed by atoms with E-state index in [0.717, 1.165) is 25.2 Å². The predicted octanol–water partition coefficient (Wildman–Crippen LogP) is 2.37. The van der Waals surface area contributed by atoms with Gasteiger partial charge in [0.25, 0.3) is 0 Å².